The van der Waals surface area contributed by atoms with Crippen molar-refractivity contribution in [2.75, 3.05) is 13.1 Å². The first-order valence-electron chi connectivity index (χ1n) is 4.60. The third-order valence-electron chi connectivity index (χ3n) is 1.69. The van der Waals surface area contributed by atoms with Crippen LogP contribution in [0.25, 0.3) is 0 Å². The van der Waals surface area contributed by atoms with Crippen molar-refractivity contribution in [3.05, 3.63) is 55.6 Å². The second kappa shape index (κ2) is 6.00. The van der Waals surface area contributed by atoms with Crippen molar-refractivity contribution in [3.8, 4) is 0 Å². The number of nitrogens with zero attached hydrogens (tertiary/aromatic N) is 2. The van der Waals surface area contributed by atoms with Crippen LogP contribution in [0, 0.1) is 0 Å². The zero-order valence-corrected chi connectivity index (χ0v) is 8.26. The third kappa shape index (κ3) is 3.46. The summed E-state index contributed by atoms with van der Waals surface area (Å²) in [5, 5.41) is 1.91. The Labute approximate surface area is 85.5 Å². The maximum Gasteiger partial charge on any atom is 0.0776 e. The molecule has 1 aromatic rings. The molecule has 1 radical (unpaired) electrons. The van der Waals surface area contributed by atoms with Gasteiger partial charge in [0, 0.05) is 13.1 Å². The van der Waals surface area contributed by atoms with E-state index in [9.17, 15) is 0 Å². The molecule has 0 saturated carbocycles. The van der Waals surface area contributed by atoms with E-state index in [2.05, 4.69) is 18.6 Å². The fourth-order valence-electron chi connectivity index (χ4n) is 1.11. The maximum atomic E-state index is 4.43. The molecule has 73 valence electrons. The van der Waals surface area contributed by atoms with Crippen molar-refractivity contribution in [2.24, 2.45) is 0 Å². The number of hydrogen-bond donors (Lipinski definition) is 0. The van der Waals surface area contributed by atoms with E-state index in [1.807, 2.05) is 47.5 Å². The number of rotatable bonds is 6. The molecule has 0 unspecified atom stereocenters. The molecular formula is C12H15N2. The molecular weight excluding hydrogens is 172 g/mol. The Hall–Kier alpha value is -1.54. The molecule has 1 rings (SSSR count). The molecule has 0 N–H and O–H groups in total. The summed E-state index contributed by atoms with van der Waals surface area (Å²) in [5.74, 6) is 0. The highest BCUT2D eigenvalue weighted by Gasteiger charge is 2.01. The standard InChI is InChI=1S/C12H15N2/c1-3-10-14(11-4-2)13-12-8-6-5-7-9-12/h3-9H,1-2,10-11H2. The van der Waals surface area contributed by atoms with E-state index in [4.69, 9.17) is 0 Å². The Kier molecular flexibility index (Phi) is 4.51. The van der Waals surface area contributed by atoms with Gasteiger partial charge in [0.2, 0.25) is 0 Å². The zero-order valence-electron chi connectivity index (χ0n) is 8.26. The van der Waals surface area contributed by atoms with Crippen LogP contribution in [0.2, 0.25) is 0 Å². The first-order valence-corrected chi connectivity index (χ1v) is 4.60. The van der Waals surface area contributed by atoms with Crippen LogP contribution in [0.1, 0.15) is 0 Å². The van der Waals surface area contributed by atoms with Gasteiger partial charge in [0.1, 0.15) is 0 Å². The van der Waals surface area contributed by atoms with Crippen molar-refractivity contribution >= 4 is 5.69 Å². The van der Waals surface area contributed by atoms with Gasteiger partial charge in [-0.2, -0.15) is 10.4 Å². The van der Waals surface area contributed by atoms with Crippen LogP contribution in [-0.2, 0) is 0 Å². The van der Waals surface area contributed by atoms with Crippen molar-refractivity contribution in [3.63, 3.8) is 0 Å². The summed E-state index contributed by atoms with van der Waals surface area (Å²) >= 11 is 0. The third-order valence-corrected chi connectivity index (χ3v) is 1.69. The lowest BCUT2D eigenvalue weighted by Crippen LogP contribution is -2.29. The molecule has 0 aliphatic rings. The molecule has 0 bridgehead atoms. The van der Waals surface area contributed by atoms with Gasteiger partial charge >= 0.3 is 0 Å². The van der Waals surface area contributed by atoms with Gasteiger partial charge < -0.3 is 0 Å². The molecule has 0 aliphatic heterocycles. The lowest BCUT2D eigenvalue weighted by Gasteiger charge is -2.17. The van der Waals surface area contributed by atoms with Gasteiger partial charge in [0.05, 0.1) is 5.69 Å². The smallest absolute Gasteiger partial charge is 0.0776 e. The minimum absolute atomic E-state index is 0.737. The van der Waals surface area contributed by atoms with E-state index in [0.29, 0.717) is 0 Å². The molecule has 1 aromatic carbocycles. The Morgan fingerprint density at radius 2 is 1.64 bits per heavy atom. The first kappa shape index (κ1) is 10.5. The van der Waals surface area contributed by atoms with Gasteiger partial charge in [0.15, 0.2) is 0 Å². The Balaban J connectivity index is 2.54. The summed E-state index contributed by atoms with van der Waals surface area (Å²) in [7, 11) is 0. The molecule has 2 heteroatoms. The van der Waals surface area contributed by atoms with E-state index in [-0.39, 0.29) is 0 Å². The second-order valence-corrected chi connectivity index (χ2v) is 2.88. The second-order valence-electron chi connectivity index (χ2n) is 2.88. The molecule has 0 heterocycles. The van der Waals surface area contributed by atoms with Gasteiger partial charge in [-0.15, -0.1) is 13.2 Å². The molecule has 0 atom stereocenters. The topological polar surface area (TPSA) is 17.3 Å². The van der Waals surface area contributed by atoms with E-state index >= 15 is 0 Å². The number of hydrogen-bond acceptors (Lipinski definition) is 1. The van der Waals surface area contributed by atoms with Gasteiger partial charge in [-0.3, -0.25) is 0 Å². The maximum absolute atomic E-state index is 4.43. The van der Waals surface area contributed by atoms with Crippen molar-refractivity contribution in [1.82, 2.24) is 10.4 Å². The first-order chi connectivity index (χ1) is 6.86. The zero-order chi connectivity index (χ0) is 10.2. The van der Waals surface area contributed by atoms with Crippen LogP contribution in [0.15, 0.2) is 55.6 Å². The molecule has 0 aromatic heterocycles. The molecule has 2 nitrogen and oxygen atoms in total. The van der Waals surface area contributed by atoms with Gasteiger partial charge in [0.25, 0.3) is 0 Å². The largest absolute Gasteiger partial charge is 0.199 e. The summed E-state index contributed by atoms with van der Waals surface area (Å²) in [6.07, 6.45) is 3.66. The average molecular weight is 187 g/mol. The van der Waals surface area contributed by atoms with Crippen LogP contribution in [-0.4, -0.2) is 18.1 Å². The lowest BCUT2D eigenvalue weighted by molar-refractivity contribution is 0.273. The quantitative estimate of drug-likeness (QED) is 0.494. The van der Waals surface area contributed by atoms with Crippen molar-refractivity contribution < 1.29 is 0 Å². The Morgan fingerprint density at radius 3 is 2.14 bits per heavy atom. The molecule has 0 fully saturated rings. The highest BCUT2D eigenvalue weighted by molar-refractivity contribution is 5.34. The van der Waals surface area contributed by atoms with Crippen molar-refractivity contribution in [1.29, 1.82) is 0 Å². The molecule has 0 aliphatic carbocycles. The van der Waals surface area contributed by atoms with Crippen LogP contribution in [0.5, 0.6) is 0 Å². The Bertz CT molecular complexity index is 270. The van der Waals surface area contributed by atoms with E-state index in [0.717, 1.165) is 18.8 Å². The summed E-state index contributed by atoms with van der Waals surface area (Å²) in [6.45, 7) is 8.85. The molecule has 0 spiro atoms. The summed E-state index contributed by atoms with van der Waals surface area (Å²) in [6, 6.07) is 9.86. The normalized spacial score (nSPS) is 9.79. The van der Waals surface area contributed by atoms with Gasteiger partial charge in [-0.05, 0) is 12.1 Å². The fraction of sp³-hybridized carbons (Fsp3) is 0.167. The minimum atomic E-state index is 0.737. The van der Waals surface area contributed by atoms with Crippen LogP contribution >= 0.6 is 0 Å². The highest BCUT2D eigenvalue weighted by atomic mass is 15.5. The molecule has 14 heavy (non-hydrogen) atoms. The average Bonchev–Trinajstić information content (AvgIpc) is 2.20. The van der Waals surface area contributed by atoms with E-state index in [1.54, 1.807) is 0 Å². The highest BCUT2D eigenvalue weighted by Crippen LogP contribution is 2.06. The van der Waals surface area contributed by atoms with Crippen LogP contribution in [0.4, 0.5) is 5.69 Å². The van der Waals surface area contributed by atoms with E-state index in [1.165, 1.54) is 0 Å². The van der Waals surface area contributed by atoms with E-state index < -0.39 is 0 Å². The summed E-state index contributed by atoms with van der Waals surface area (Å²) < 4.78 is 0. The summed E-state index contributed by atoms with van der Waals surface area (Å²) in [5.41, 5.74) is 5.38. The van der Waals surface area contributed by atoms with Gasteiger partial charge in [-0.1, -0.05) is 30.4 Å². The number of benzene rings is 1. The predicted octanol–water partition coefficient (Wildman–Crippen LogP) is 2.51. The minimum Gasteiger partial charge on any atom is -0.199 e. The SMILES string of the molecule is C=CCN(CC=C)[N]c1ccccc1. The molecule has 0 amide bonds. The predicted molar refractivity (Wildman–Crippen MR) is 60.2 cm³/mol. The van der Waals surface area contributed by atoms with Gasteiger partial charge in [-0.25, -0.2) is 0 Å². The lowest BCUT2D eigenvalue weighted by atomic mass is 10.3. The van der Waals surface area contributed by atoms with Crippen molar-refractivity contribution in [2.45, 2.75) is 0 Å². The molecule has 0 saturated heterocycles. The monoisotopic (exact) mass is 187 g/mol. The Morgan fingerprint density at radius 1 is 1.07 bits per heavy atom. The van der Waals surface area contributed by atoms with Crippen LogP contribution < -0.4 is 5.43 Å². The van der Waals surface area contributed by atoms with Crippen LogP contribution in [0.3, 0.4) is 0 Å². The summed E-state index contributed by atoms with van der Waals surface area (Å²) in [4.78, 5) is 0. The fourth-order valence-corrected chi connectivity index (χ4v) is 1.11.